The van der Waals surface area contributed by atoms with E-state index in [4.69, 9.17) is 4.74 Å². The lowest BCUT2D eigenvalue weighted by Crippen LogP contribution is -2.50. The summed E-state index contributed by atoms with van der Waals surface area (Å²) in [6, 6.07) is 10.7. The number of hydrogen-bond acceptors (Lipinski definition) is 4. The Balaban J connectivity index is 1.70. The van der Waals surface area contributed by atoms with Gasteiger partial charge in [-0.1, -0.05) is 25.1 Å². The van der Waals surface area contributed by atoms with Crippen LogP contribution >= 0.6 is 11.8 Å². The highest BCUT2D eigenvalue weighted by Gasteiger charge is 2.24. The smallest absolute Gasteiger partial charge is 0.409 e. The molecule has 1 heterocycles. The molecule has 6 nitrogen and oxygen atoms in total. The second-order valence-corrected chi connectivity index (χ2v) is 7.81. The van der Waals surface area contributed by atoms with Crippen molar-refractivity contribution in [1.29, 1.82) is 0 Å². The predicted molar refractivity (Wildman–Crippen MR) is 108 cm³/mol. The van der Waals surface area contributed by atoms with Crippen molar-refractivity contribution < 1.29 is 9.53 Å². The Morgan fingerprint density at radius 1 is 1.35 bits per heavy atom. The minimum Gasteiger partial charge on any atom is -0.450 e. The number of piperidine rings is 1. The summed E-state index contributed by atoms with van der Waals surface area (Å²) in [6.45, 7) is 6.73. The number of carbonyl (C=O) groups is 1. The Hall–Kier alpha value is -1.89. The fourth-order valence-corrected chi connectivity index (χ4v) is 3.77. The lowest BCUT2D eigenvalue weighted by Gasteiger charge is -2.32. The van der Waals surface area contributed by atoms with Crippen LogP contribution in [-0.2, 0) is 4.74 Å². The molecule has 1 atom stereocenters. The molecule has 0 aromatic heterocycles. The lowest BCUT2D eigenvalue weighted by molar-refractivity contribution is 0.0963. The fourth-order valence-electron chi connectivity index (χ4n) is 2.82. The maximum absolute atomic E-state index is 11.8. The van der Waals surface area contributed by atoms with Crippen molar-refractivity contribution >= 4 is 23.8 Å². The van der Waals surface area contributed by atoms with Crippen LogP contribution in [0.15, 0.2) is 40.2 Å². The molecule has 26 heavy (non-hydrogen) atoms. The summed E-state index contributed by atoms with van der Waals surface area (Å²) in [7, 11) is 1.79. The van der Waals surface area contributed by atoms with Crippen LogP contribution in [0.5, 0.6) is 0 Å². The summed E-state index contributed by atoms with van der Waals surface area (Å²) >= 11 is 1.85. The molecule has 2 rings (SSSR count). The molecule has 1 amide bonds. The zero-order valence-corrected chi connectivity index (χ0v) is 16.7. The highest BCUT2D eigenvalue weighted by Crippen LogP contribution is 2.21. The summed E-state index contributed by atoms with van der Waals surface area (Å²) in [4.78, 5) is 19.1. The maximum Gasteiger partial charge on any atom is 0.409 e. The molecule has 1 aromatic carbocycles. The Labute approximate surface area is 160 Å². The number of nitrogens with zero attached hydrogens (tertiary/aromatic N) is 2. The van der Waals surface area contributed by atoms with Crippen molar-refractivity contribution in [2.45, 2.75) is 42.9 Å². The standard InChI is InChI=1S/C19H30N4O2S/c1-4-25-19(24)23-12-10-16(11-13-23)22-18(20-3)21-14-15(2)26-17-8-6-5-7-9-17/h5-9,15-16H,4,10-14H2,1-3H3,(H2,20,21,22). The Bertz CT molecular complexity index is 574. The SMILES string of the molecule is CCOC(=O)N1CCC(NC(=NC)NCC(C)Sc2ccccc2)CC1. The molecule has 1 unspecified atom stereocenters. The van der Waals surface area contributed by atoms with Crippen LogP contribution < -0.4 is 10.6 Å². The second kappa shape index (κ2) is 11.0. The fraction of sp³-hybridized carbons (Fsp3) is 0.579. The second-order valence-electron chi connectivity index (χ2n) is 6.30. The van der Waals surface area contributed by atoms with Gasteiger partial charge in [0.05, 0.1) is 6.61 Å². The molecule has 0 bridgehead atoms. The summed E-state index contributed by atoms with van der Waals surface area (Å²) in [6.07, 6.45) is 1.59. The molecule has 1 aliphatic heterocycles. The third kappa shape index (κ3) is 6.78. The van der Waals surface area contributed by atoms with Gasteiger partial charge in [-0.25, -0.2) is 4.79 Å². The van der Waals surface area contributed by atoms with Gasteiger partial charge in [-0.15, -0.1) is 11.8 Å². The largest absolute Gasteiger partial charge is 0.450 e. The van der Waals surface area contributed by atoms with Gasteiger partial charge in [0.1, 0.15) is 0 Å². The number of ether oxygens (including phenoxy) is 1. The Morgan fingerprint density at radius 2 is 2.04 bits per heavy atom. The van der Waals surface area contributed by atoms with E-state index in [9.17, 15) is 4.79 Å². The molecule has 1 saturated heterocycles. The quantitative estimate of drug-likeness (QED) is 0.453. The van der Waals surface area contributed by atoms with Gasteiger partial charge in [0.15, 0.2) is 5.96 Å². The summed E-state index contributed by atoms with van der Waals surface area (Å²) in [5.41, 5.74) is 0. The van der Waals surface area contributed by atoms with Crippen LogP contribution in [0.3, 0.4) is 0 Å². The van der Waals surface area contributed by atoms with Crippen molar-refractivity contribution in [3.8, 4) is 0 Å². The molecular formula is C19H30N4O2S. The maximum atomic E-state index is 11.8. The number of rotatable bonds is 6. The van der Waals surface area contributed by atoms with E-state index < -0.39 is 0 Å². The molecule has 7 heteroatoms. The van der Waals surface area contributed by atoms with Gasteiger partial charge in [-0.3, -0.25) is 4.99 Å². The number of aliphatic imine (C=N–C) groups is 1. The minimum absolute atomic E-state index is 0.208. The molecule has 1 fully saturated rings. The number of hydrogen-bond donors (Lipinski definition) is 2. The van der Waals surface area contributed by atoms with E-state index in [0.29, 0.717) is 31.0 Å². The highest BCUT2D eigenvalue weighted by atomic mass is 32.2. The molecule has 1 aliphatic rings. The van der Waals surface area contributed by atoms with Crippen LogP contribution in [0.4, 0.5) is 4.79 Å². The summed E-state index contributed by atoms with van der Waals surface area (Å²) in [5.74, 6) is 0.820. The molecule has 0 saturated carbocycles. The van der Waals surface area contributed by atoms with Gasteiger partial charge in [0, 0.05) is 42.9 Å². The molecule has 1 aromatic rings. The van der Waals surface area contributed by atoms with Gasteiger partial charge in [-0.2, -0.15) is 0 Å². The third-order valence-electron chi connectivity index (χ3n) is 4.22. The summed E-state index contributed by atoms with van der Waals surface area (Å²) in [5, 5.41) is 7.30. The first-order chi connectivity index (χ1) is 12.6. The highest BCUT2D eigenvalue weighted by molar-refractivity contribution is 8.00. The number of guanidine groups is 1. The monoisotopic (exact) mass is 378 g/mol. The van der Waals surface area contributed by atoms with Crippen LogP contribution in [0.2, 0.25) is 0 Å². The topological polar surface area (TPSA) is 66.0 Å². The number of nitrogens with one attached hydrogen (secondary N) is 2. The van der Waals surface area contributed by atoms with Crippen LogP contribution in [0.25, 0.3) is 0 Å². The number of amides is 1. The van der Waals surface area contributed by atoms with Crippen LogP contribution in [0.1, 0.15) is 26.7 Å². The molecular weight excluding hydrogens is 348 g/mol. The third-order valence-corrected chi connectivity index (χ3v) is 5.34. The van der Waals surface area contributed by atoms with Crippen LogP contribution in [-0.4, -0.2) is 61.5 Å². The Kier molecular flexibility index (Phi) is 8.61. The van der Waals surface area contributed by atoms with E-state index >= 15 is 0 Å². The van der Waals surface area contributed by atoms with Crippen molar-refractivity contribution in [2.24, 2.45) is 4.99 Å². The van der Waals surface area contributed by atoms with Gasteiger partial charge in [-0.05, 0) is 31.9 Å². The number of likely N-dealkylation sites (tertiary alicyclic amines) is 1. The van der Waals surface area contributed by atoms with Crippen molar-refractivity contribution in [2.75, 3.05) is 33.3 Å². The average Bonchev–Trinajstić information content (AvgIpc) is 2.66. The first kappa shape index (κ1) is 20.4. The van der Waals surface area contributed by atoms with Crippen molar-refractivity contribution in [3.63, 3.8) is 0 Å². The van der Waals surface area contributed by atoms with E-state index in [0.717, 1.165) is 25.3 Å². The minimum atomic E-state index is -0.208. The molecule has 0 aliphatic carbocycles. The molecule has 2 N–H and O–H groups in total. The normalized spacial score (nSPS) is 16.9. The van der Waals surface area contributed by atoms with Gasteiger partial charge >= 0.3 is 6.09 Å². The van der Waals surface area contributed by atoms with E-state index in [1.165, 1.54) is 4.90 Å². The van der Waals surface area contributed by atoms with Crippen molar-refractivity contribution in [1.82, 2.24) is 15.5 Å². The van der Waals surface area contributed by atoms with E-state index in [-0.39, 0.29) is 6.09 Å². The number of carbonyl (C=O) groups excluding carboxylic acids is 1. The van der Waals surface area contributed by atoms with Crippen LogP contribution in [0, 0.1) is 0 Å². The van der Waals surface area contributed by atoms with Gasteiger partial charge in [0.25, 0.3) is 0 Å². The number of benzene rings is 1. The average molecular weight is 379 g/mol. The van der Waals surface area contributed by atoms with E-state index in [1.807, 2.05) is 24.8 Å². The summed E-state index contributed by atoms with van der Waals surface area (Å²) < 4.78 is 5.06. The molecule has 0 radical (unpaired) electrons. The van der Waals surface area contributed by atoms with Gasteiger partial charge < -0.3 is 20.3 Å². The predicted octanol–water partition coefficient (Wildman–Crippen LogP) is 2.95. The van der Waals surface area contributed by atoms with E-state index in [2.05, 4.69) is 46.8 Å². The first-order valence-corrected chi connectivity index (χ1v) is 10.1. The number of thioether (sulfide) groups is 1. The molecule has 0 spiro atoms. The molecule has 144 valence electrons. The van der Waals surface area contributed by atoms with Gasteiger partial charge in [0.2, 0.25) is 0 Å². The zero-order chi connectivity index (χ0) is 18.8. The van der Waals surface area contributed by atoms with E-state index in [1.54, 1.807) is 11.9 Å². The lowest BCUT2D eigenvalue weighted by atomic mass is 10.1. The Morgan fingerprint density at radius 3 is 2.65 bits per heavy atom. The van der Waals surface area contributed by atoms with Crippen molar-refractivity contribution in [3.05, 3.63) is 30.3 Å². The zero-order valence-electron chi connectivity index (χ0n) is 15.9. The first-order valence-electron chi connectivity index (χ1n) is 9.23.